The smallest absolute Gasteiger partial charge is 0.407 e. The lowest BCUT2D eigenvalue weighted by molar-refractivity contribution is -0.0749. The first-order valence-electron chi connectivity index (χ1n) is 13.1. The Morgan fingerprint density at radius 1 is 1.03 bits per heavy atom. The Labute approximate surface area is 208 Å². The second-order valence-corrected chi connectivity index (χ2v) is 11.2. The normalized spacial score (nSPS) is 23.5. The summed E-state index contributed by atoms with van der Waals surface area (Å²) in [6, 6.07) is 16.7. The SMILES string of the molecule is CC(C)c1ccccc1[C@H]1CN(Cc2ccc(F)cc2)CCN1C1CC2(CCN(C(=O)O)CC2)C1. The quantitative estimate of drug-likeness (QED) is 0.595. The summed E-state index contributed by atoms with van der Waals surface area (Å²) in [4.78, 5) is 18.2. The van der Waals surface area contributed by atoms with E-state index < -0.39 is 6.09 Å². The molecule has 6 heteroatoms. The Kier molecular flexibility index (Phi) is 6.86. The number of carboxylic acid groups (broad SMARTS) is 1. The first kappa shape index (κ1) is 24.3. The van der Waals surface area contributed by atoms with E-state index in [2.05, 4.69) is 47.9 Å². The second-order valence-electron chi connectivity index (χ2n) is 11.2. The summed E-state index contributed by atoms with van der Waals surface area (Å²) in [5.74, 6) is 0.281. The van der Waals surface area contributed by atoms with Crippen LogP contribution in [0, 0.1) is 11.2 Å². The summed E-state index contributed by atoms with van der Waals surface area (Å²) in [5, 5.41) is 9.33. The molecule has 2 aromatic carbocycles. The van der Waals surface area contributed by atoms with Crippen molar-refractivity contribution in [3.63, 3.8) is 0 Å². The molecule has 1 N–H and O–H groups in total. The molecule has 1 saturated carbocycles. The minimum absolute atomic E-state index is 0.185. The molecule has 0 radical (unpaired) electrons. The van der Waals surface area contributed by atoms with Gasteiger partial charge in [0, 0.05) is 51.4 Å². The molecular formula is C29H38FN3O2. The summed E-state index contributed by atoms with van der Waals surface area (Å²) in [6.07, 6.45) is 3.57. The minimum Gasteiger partial charge on any atom is -0.465 e. The van der Waals surface area contributed by atoms with Crippen molar-refractivity contribution < 1.29 is 14.3 Å². The molecule has 1 amide bonds. The topological polar surface area (TPSA) is 47.0 Å². The maximum atomic E-state index is 13.4. The Morgan fingerprint density at radius 2 is 1.71 bits per heavy atom. The van der Waals surface area contributed by atoms with Gasteiger partial charge in [0.1, 0.15) is 5.82 Å². The van der Waals surface area contributed by atoms with Gasteiger partial charge in [-0.2, -0.15) is 0 Å². The van der Waals surface area contributed by atoms with Gasteiger partial charge in [0.15, 0.2) is 0 Å². The van der Waals surface area contributed by atoms with E-state index in [9.17, 15) is 14.3 Å². The van der Waals surface area contributed by atoms with Crippen molar-refractivity contribution >= 4 is 6.09 Å². The minimum atomic E-state index is -0.779. The Bertz CT molecular complexity index is 1020. The maximum Gasteiger partial charge on any atom is 0.407 e. The first-order valence-corrected chi connectivity index (χ1v) is 13.1. The van der Waals surface area contributed by atoms with Crippen molar-refractivity contribution in [1.29, 1.82) is 0 Å². The van der Waals surface area contributed by atoms with E-state index in [4.69, 9.17) is 0 Å². The second kappa shape index (κ2) is 9.90. The van der Waals surface area contributed by atoms with Crippen molar-refractivity contribution in [1.82, 2.24) is 14.7 Å². The van der Waals surface area contributed by atoms with Gasteiger partial charge in [-0.25, -0.2) is 9.18 Å². The zero-order valence-electron chi connectivity index (χ0n) is 21.0. The molecule has 35 heavy (non-hydrogen) atoms. The van der Waals surface area contributed by atoms with Gasteiger partial charge in [0.2, 0.25) is 0 Å². The average molecular weight is 480 g/mol. The molecule has 2 aliphatic heterocycles. The van der Waals surface area contributed by atoms with E-state index in [1.165, 1.54) is 24.0 Å². The molecule has 2 saturated heterocycles. The van der Waals surface area contributed by atoms with Gasteiger partial charge in [-0.15, -0.1) is 0 Å². The summed E-state index contributed by atoms with van der Waals surface area (Å²) in [7, 11) is 0. The molecular weight excluding hydrogens is 441 g/mol. The Morgan fingerprint density at radius 3 is 2.37 bits per heavy atom. The van der Waals surface area contributed by atoms with Crippen molar-refractivity contribution in [2.24, 2.45) is 5.41 Å². The highest BCUT2D eigenvalue weighted by molar-refractivity contribution is 5.65. The fourth-order valence-corrected chi connectivity index (χ4v) is 6.65. The molecule has 5 rings (SSSR count). The van der Waals surface area contributed by atoms with Crippen LogP contribution in [-0.2, 0) is 6.54 Å². The number of likely N-dealkylation sites (tertiary alicyclic amines) is 1. The Balaban J connectivity index is 1.33. The molecule has 3 aliphatic rings. The van der Waals surface area contributed by atoms with Crippen LogP contribution in [0.2, 0.25) is 0 Å². The standard InChI is InChI=1S/C29H38FN3O2/c1-21(2)25-5-3-4-6-26(25)27-20-31(19-22-7-9-23(30)10-8-22)15-16-33(27)24-17-29(18-24)11-13-32(14-12-29)28(34)35/h3-10,21,24,27H,11-20H2,1-2H3,(H,34,35)/t27-/m1/s1. The highest BCUT2D eigenvalue weighted by atomic mass is 19.1. The molecule has 0 unspecified atom stereocenters. The summed E-state index contributed by atoms with van der Waals surface area (Å²) >= 11 is 0. The molecule has 188 valence electrons. The van der Waals surface area contributed by atoms with Gasteiger partial charge in [0.05, 0.1) is 0 Å². The van der Waals surface area contributed by atoms with Crippen LogP contribution in [-0.4, -0.2) is 64.7 Å². The third kappa shape index (κ3) is 5.10. The van der Waals surface area contributed by atoms with Crippen molar-refractivity contribution in [3.8, 4) is 0 Å². The zero-order chi connectivity index (χ0) is 24.6. The van der Waals surface area contributed by atoms with Gasteiger partial charge in [-0.05, 0) is 65.8 Å². The molecule has 2 aromatic rings. The third-order valence-corrected chi connectivity index (χ3v) is 8.70. The van der Waals surface area contributed by atoms with Crippen molar-refractivity contribution in [3.05, 3.63) is 71.0 Å². The van der Waals surface area contributed by atoms with Crippen LogP contribution >= 0.6 is 0 Å². The fourth-order valence-electron chi connectivity index (χ4n) is 6.65. The van der Waals surface area contributed by atoms with E-state index in [0.29, 0.717) is 36.5 Å². The van der Waals surface area contributed by atoms with Gasteiger partial charge in [0.25, 0.3) is 0 Å². The number of halogens is 1. The predicted molar refractivity (Wildman–Crippen MR) is 136 cm³/mol. The van der Waals surface area contributed by atoms with Crippen LogP contribution in [0.4, 0.5) is 9.18 Å². The number of rotatable bonds is 5. The van der Waals surface area contributed by atoms with Gasteiger partial charge >= 0.3 is 6.09 Å². The number of piperidine rings is 1. The third-order valence-electron chi connectivity index (χ3n) is 8.70. The predicted octanol–water partition coefficient (Wildman–Crippen LogP) is 5.73. The lowest BCUT2D eigenvalue weighted by atomic mass is 9.59. The molecule has 1 aliphatic carbocycles. The van der Waals surface area contributed by atoms with E-state index >= 15 is 0 Å². The number of amides is 1. The van der Waals surface area contributed by atoms with Gasteiger partial charge in [-0.3, -0.25) is 9.80 Å². The van der Waals surface area contributed by atoms with Crippen LogP contribution in [0.15, 0.2) is 48.5 Å². The lowest BCUT2D eigenvalue weighted by Gasteiger charge is -2.58. The molecule has 5 nitrogen and oxygen atoms in total. The number of benzene rings is 2. The van der Waals surface area contributed by atoms with Crippen LogP contribution in [0.3, 0.4) is 0 Å². The summed E-state index contributed by atoms with van der Waals surface area (Å²) in [5.41, 5.74) is 4.34. The molecule has 1 spiro atoms. The number of piperazine rings is 1. The van der Waals surface area contributed by atoms with Crippen LogP contribution in [0.25, 0.3) is 0 Å². The van der Waals surface area contributed by atoms with E-state index in [1.54, 1.807) is 17.0 Å². The molecule has 1 atom stereocenters. The molecule has 0 aromatic heterocycles. The van der Waals surface area contributed by atoms with E-state index in [-0.39, 0.29) is 5.82 Å². The molecule has 2 heterocycles. The number of hydrogen-bond acceptors (Lipinski definition) is 3. The van der Waals surface area contributed by atoms with Crippen molar-refractivity contribution in [2.75, 3.05) is 32.7 Å². The van der Waals surface area contributed by atoms with E-state index in [0.717, 1.165) is 44.6 Å². The zero-order valence-corrected chi connectivity index (χ0v) is 21.0. The number of nitrogens with zero attached hydrogens (tertiary/aromatic N) is 3. The van der Waals surface area contributed by atoms with Crippen LogP contribution in [0.1, 0.15) is 68.2 Å². The summed E-state index contributed by atoms with van der Waals surface area (Å²) < 4.78 is 13.4. The Hall–Kier alpha value is -2.44. The number of hydrogen-bond donors (Lipinski definition) is 1. The summed E-state index contributed by atoms with van der Waals surface area (Å²) in [6.45, 7) is 9.74. The maximum absolute atomic E-state index is 13.4. The number of carbonyl (C=O) groups is 1. The van der Waals surface area contributed by atoms with Crippen LogP contribution in [0.5, 0.6) is 0 Å². The molecule has 3 fully saturated rings. The van der Waals surface area contributed by atoms with Gasteiger partial charge < -0.3 is 10.0 Å². The van der Waals surface area contributed by atoms with E-state index in [1.807, 2.05) is 12.1 Å². The highest BCUT2D eigenvalue weighted by Gasteiger charge is 2.50. The van der Waals surface area contributed by atoms with Gasteiger partial charge in [-0.1, -0.05) is 50.2 Å². The molecule has 0 bridgehead atoms. The monoisotopic (exact) mass is 479 g/mol. The van der Waals surface area contributed by atoms with Crippen LogP contribution < -0.4 is 0 Å². The first-order chi connectivity index (χ1) is 16.8. The average Bonchev–Trinajstić information content (AvgIpc) is 2.84. The largest absolute Gasteiger partial charge is 0.465 e. The highest BCUT2D eigenvalue weighted by Crippen LogP contribution is 2.53. The van der Waals surface area contributed by atoms with Crippen molar-refractivity contribution in [2.45, 2.75) is 64.1 Å². The fraction of sp³-hybridized carbons (Fsp3) is 0.552. The lowest BCUT2D eigenvalue weighted by Crippen LogP contribution is -2.60.